The van der Waals surface area contributed by atoms with Gasteiger partial charge in [0.2, 0.25) is 0 Å². The number of amidine groups is 1. The number of nitrogens with two attached hydrogens (primary N) is 1. The van der Waals surface area contributed by atoms with Gasteiger partial charge < -0.3 is 5.73 Å². The molecule has 118 valence electrons. The van der Waals surface area contributed by atoms with Crippen molar-refractivity contribution in [3.63, 3.8) is 0 Å². The molecule has 0 saturated heterocycles. The Morgan fingerprint density at radius 2 is 1.67 bits per heavy atom. The monoisotopic (exact) mass is 289 g/mol. The lowest BCUT2D eigenvalue weighted by molar-refractivity contribution is 0.235. The Morgan fingerprint density at radius 1 is 1.10 bits per heavy atom. The van der Waals surface area contributed by atoms with Crippen LogP contribution < -0.4 is 5.73 Å². The van der Waals surface area contributed by atoms with Crippen LogP contribution in [0.2, 0.25) is 0 Å². The quantitative estimate of drug-likeness (QED) is 0.535. The predicted molar refractivity (Wildman–Crippen MR) is 91.6 cm³/mol. The first-order chi connectivity index (χ1) is 9.88. The van der Waals surface area contributed by atoms with Crippen molar-refractivity contribution in [2.24, 2.45) is 17.6 Å². The molecule has 0 bridgehead atoms. The van der Waals surface area contributed by atoms with Gasteiger partial charge in [-0.15, -0.1) is 0 Å². The van der Waals surface area contributed by atoms with Crippen LogP contribution in [-0.2, 0) is 6.54 Å². The van der Waals surface area contributed by atoms with Gasteiger partial charge in [0.1, 0.15) is 5.84 Å². The van der Waals surface area contributed by atoms with Crippen molar-refractivity contribution < 1.29 is 0 Å². The molecule has 0 amide bonds. The molecule has 1 rings (SSSR count). The molecule has 1 aromatic rings. The molecule has 0 radical (unpaired) electrons. The van der Waals surface area contributed by atoms with E-state index in [4.69, 9.17) is 11.1 Å². The smallest absolute Gasteiger partial charge is 0.122 e. The van der Waals surface area contributed by atoms with E-state index in [1.54, 1.807) is 0 Å². The van der Waals surface area contributed by atoms with Crippen LogP contribution in [0.5, 0.6) is 0 Å². The van der Waals surface area contributed by atoms with E-state index in [-0.39, 0.29) is 5.84 Å². The second-order valence-corrected chi connectivity index (χ2v) is 6.76. The lowest BCUT2D eigenvalue weighted by Crippen LogP contribution is -2.27. The number of nitrogen functional groups attached to an aromatic ring is 1. The van der Waals surface area contributed by atoms with Crippen LogP contribution in [0.4, 0.5) is 0 Å². The Bertz CT molecular complexity index is 426. The maximum absolute atomic E-state index is 7.55. The molecule has 0 fully saturated rings. The van der Waals surface area contributed by atoms with E-state index in [1.807, 2.05) is 18.2 Å². The number of benzene rings is 1. The molecule has 0 aliphatic heterocycles. The summed E-state index contributed by atoms with van der Waals surface area (Å²) in [6.45, 7) is 12.3. The highest BCUT2D eigenvalue weighted by Gasteiger charge is 2.09. The normalized spacial score (nSPS) is 11.6. The molecule has 3 N–H and O–H groups in total. The fourth-order valence-electron chi connectivity index (χ4n) is 2.25. The largest absolute Gasteiger partial charge is 0.384 e. The topological polar surface area (TPSA) is 53.1 Å². The molecule has 21 heavy (non-hydrogen) atoms. The van der Waals surface area contributed by atoms with Gasteiger partial charge in [0, 0.05) is 12.1 Å². The van der Waals surface area contributed by atoms with Crippen molar-refractivity contribution >= 4 is 5.84 Å². The third-order valence-corrected chi connectivity index (χ3v) is 3.69. The molecule has 3 nitrogen and oxygen atoms in total. The van der Waals surface area contributed by atoms with E-state index < -0.39 is 0 Å². The number of hydrogen-bond acceptors (Lipinski definition) is 2. The first-order valence-corrected chi connectivity index (χ1v) is 8.04. The lowest BCUT2D eigenvalue weighted by Gasteiger charge is -2.24. The second-order valence-electron chi connectivity index (χ2n) is 6.76. The molecule has 0 unspecified atom stereocenters. The molecule has 1 aromatic carbocycles. The maximum Gasteiger partial charge on any atom is 0.122 e. The Labute approximate surface area is 130 Å². The zero-order valence-electron chi connectivity index (χ0n) is 14.0. The van der Waals surface area contributed by atoms with Crippen LogP contribution in [0.15, 0.2) is 24.3 Å². The molecule has 0 aliphatic rings. The van der Waals surface area contributed by atoms with Crippen LogP contribution in [0.1, 0.15) is 51.7 Å². The molecule has 3 heteroatoms. The summed E-state index contributed by atoms with van der Waals surface area (Å²) in [5.41, 5.74) is 7.65. The van der Waals surface area contributed by atoms with Crippen LogP contribution in [0, 0.1) is 17.2 Å². The first-order valence-electron chi connectivity index (χ1n) is 8.04. The summed E-state index contributed by atoms with van der Waals surface area (Å²) in [6.07, 6.45) is 2.45. The van der Waals surface area contributed by atoms with Gasteiger partial charge in [0.15, 0.2) is 0 Å². The zero-order valence-corrected chi connectivity index (χ0v) is 14.0. The Morgan fingerprint density at radius 3 is 2.14 bits per heavy atom. The Kier molecular flexibility index (Phi) is 7.44. The highest BCUT2D eigenvalue weighted by atomic mass is 15.1. The molecule has 0 heterocycles. The summed E-state index contributed by atoms with van der Waals surface area (Å²) in [4.78, 5) is 2.53. The van der Waals surface area contributed by atoms with E-state index in [2.05, 4.69) is 38.7 Å². The molecule has 0 atom stereocenters. The average molecular weight is 289 g/mol. The Balaban J connectivity index is 2.69. The summed E-state index contributed by atoms with van der Waals surface area (Å²) in [5, 5.41) is 7.55. The van der Waals surface area contributed by atoms with Crippen molar-refractivity contribution in [1.29, 1.82) is 5.41 Å². The molecule has 0 aliphatic carbocycles. The van der Waals surface area contributed by atoms with E-state index in [0.717, 1.165) is 37.0 Å². The molecular formula is C18H31N3. The minimum atomic E-state index is 0.146. The van der Waals surface area contributed by atoms with Crippen molar-refractivity contribution in [3.05, 3.63) is 35.4 Å². The molecule has 0 spiro atoms. The van der Waals surface area contributed by atoms with Crippen LogP contribution >= 0.6 is 0 Å². The van der Waals surface area contributed by atoms with Crippen molar-refractivity contribution in [1.82, 2.24) is 4.90 Å². The third kappa shape index (κ3) is 7.28. The number of hydrogen-bond donors (Lipinski definition) is 2. The standard InChI is InChI=1S/C18H31N3/c1-14(2)8-10-21(11-9-15(3)4)13-16-6-5-7-17(12-16)18(19)20/h5-7,12,14-15H,8-11,13H2,1-4H3,(H3,19,20). The van der Waals surface area contributed by atoms with Crippen molar-refractivity contribution in [2.45, 2.75) is 47.1 Å². The highest BCUT2D eigenvalue weighted by molar-refractivity contribution is 5.95. The van der Waals surface area contributed by atoms with E-state index in [9.17, 15) is 0 Å². The maximum atomic E-state index is 7.55. The van der Waals surface area contributed by atoms with E-state index in [1.165, 1.54) is 18.4 Å². The van der Waals surface area contributed by atoms with Gasteiger partial charge in [-0.1, -0.05) is 45.9 Å². The number of nitrogens with one attached hydrogen (secondary N) is 1. The molecule has 0 saturated carbocycles. The van der Waals surface area contributed by atoms with E-state index in [0.29, 0.717) is 0 Å². The number of rotatable bonds is 9. The van der Waals surface area contributed by atoms with Gasteiger partial charge in [-0.3, -0.25) is 10.3 Å². The van der Waals surface area contributed by atoms with Gasteiger partial charge in [0.05, 0.1) is 0 Å². The SMILES string of the molecule is CC(C)CCN(CCC(C)C)Cc1cccc(C(=N)N)c1. The van der Waals surface area contributed by atoms with Crippen molar-refractivity contribution in [3.8, 4) is 0 Å². The van der Waals surface area contributed by atoms with Crippen LogP contribution in [0.3, 0.4) is 0 Å². The van der Waals surface area contributed by atoms with Gasteiger partial charge in [-0.2, -0.15) is 0 Å². The third-order valence-electron chi connectivity index (χ3n) is 3.69. The lowest BCUT2D eigenvalue weighted by atomic mass is 10.1. The summed E-state index contributed by atoms with van der Waals surface area (Å²) in [7, 11) is 0. The Hall–Kier alpha value is -1.35. The fourth-order valence-corrected chi connectivity index (χ4v) is 2.25. The van der Waals surface area contributed by atoms with Crippen LogP contribution in [0.25, 0.3) is 0 Å². The summed E-state index contributed by atoms with van der Waals surface area (Å²) in [6, 6.07) is 8.07. The van der Waals surface area contributed by atoms with Gasteiger partial charge in [-0.25, -0.2) is 0 Å². The van der Waals surface area contributed by atoms with Crippen LogP contribution in [-0.4, -0.2) is 23.8 Å². The predicted octanol–water partition coefficient (Wildman–Crippen LogP) is 3.86. The molecule has 0 aromatic heterocycles. The zero-order chi connectivity index (χ0) is 15.8. The van der Waals surface area contributed by atoms with Gasteiger partial charge in [-0.05, 0) is 49.4 Å². The van der Waals surface area contributed by atoms with Crippen molar-refractivity contribution in [2.75, 3.05) is 13.1 Å². The minimum absolute atomic E-state index is 0.146. The fraction of sp³-hybridized carbons (Fsp3) is 0.611. The van der Waals surface area contributed by atoms with Gasteiger partial charge >= 0.3 is 0 Å². The van der Waals surface area contributed by atoms with E-state index >= 15 is 0 Å². The summed E-state index contributed by atoms with van der Waals surface area (Å²) in [5.74, 6) is 1.61. The average Bonchev–Trinajstić information content (AvgIpc) is 2.41. The first kappa shape index (κ1) is 17.7. The van der Waals surface area contributed by atoms with Gasteiger partial charge in [0.25, 0.3) is 0 Å². The highest BCUT2D eigenvalue weighted by Crippen LogP contribution is 2.12. The second kappa shape index (κ2) is 8.83. The summed E-state index contributed by atoms with van der Waals surface area (Å²) >= 11 is 0. The molecular weight excluding hydrogens is 258 g/mol. The summed E-state index contributed by atoms with van der Waals surface area (Å²) < 4.78 is 0. The number of nitrogens with zero attached hydrogens (tertiary/aromatic N) is 1. The minimum Gasteiger partial charge on any atom is -0.384 e.